The minimum Gasteiger partial charge on any atom is -0.410 e. The Morgan fingerprint density at radius 1 is 0.807 bits per heavy atom. The number of hydrogen-bond acceptors (Lipinski definition) is 6. The van der Waals surface area contributed by atoms with Gasteiger partial charge in [-0.1, -0.05) is 117 Å². The topological polar surface area (TPSA) is 96.3 Å². The third-order valence-corrected chi connectivity index (χ3v) is 15.6. The molecule has 0 aliphatic heterocycles. The highest BCUT2D eigenvalue weighted by atomic mass is 16.6. The van der Waals surface area contributed by atoms with Gasteiger partial charge in [0.2, 0.25) is 0 Å². The second kappa shape index (κ2) is 14.1. The maximum Gasteiger partial charge on any atom is 0.415 e. The molecule has 0 aromatic heterocycles. The van der Waals surface area contributed by atoms with E-state index < -0.39 is 34.0 Å². The van der Waals surface area contributed by atoms with Gasteiger partial charge in [0.15, 0.2) is 5.78 Å². The molecule has 6 aliphatic rings. The van der Waals surface area contributed by atoms with Gasteiger partial charge in [-0.2, -0.15) is 0 Å². The molecule has 296 valence electrons. The van der Waals surface area contributed by atoms with Crippen molar-refractivity contribution in [3.8, 4) is 16.9 Å². The molecule has 2 N–H and O–H groups in total. The summed E-state index contributed by atoms with van der Waals surface area (Å²) in [5, 5.41) is 26.4. The maximum absolute atomic E-state index is 15.5. The van der Waals surface area contributed by atoms with Crippen molar-refractivity contribution in [1.82, 2.24) is 4.90 Å². The molecule has 0 saturated heterocycles. The minimum atomic E-state index is -1.23. The standard InChI is InChI=1S/C50H55NO6/c1-46-23-20-37(52)31-48(46)26-27-50(41(32-48)44(53)40-17-10-9-16-39(40)35-13-5-4-6-14-35)42(46)21-24-47(2)43(50)22-25-49(47,55)33-51(28-11-29-56-3)45(54)57-38-19-18-34-12-7-8-15-36(34)30-38/h4-10,12-19,26-27,30,32,37,42-43,52,55H,11,20-25,28-29,31,33H2,1-3H3. The molecule has 4 aromatic carbocycles. The first-order valence-corrected chi connectivity index (χ1v) is 20.9. The highest BCUT2D eigenvalue weighted by Crippen LogP contribution is 2.78. The predicted octanol–water partition coefficient (Wildman–Crippen LogP) is 9.82. The number of fused-ring (bicyclic) bond motifs is 2. The molecule has 6 aliphatic carbocycles. The van der Waals surface area contributed by atoms with Crippen LogP contribution >= 0.6 is 0 Å². The third-order valence-electron chi connectivity index (χ3n) is 15.6. The van der Waals surface area contributed by atoms with E-state index in [1.54, 1.807) is 12.0 Å². The van der Waals surface area contributed by atoms with Crippen LogP contribution < -0.4 is 4.74 Å². The van der Waals surface area contributed by atoms with Crippen molar-refractivity contribution >= 4 is 22.6 Å². The summed E-state index contributed by atoms with van der Waals surface area (Å²) in [4.78, 5) is 31.3. The zero-order valence-corrected chi connectivity index (χ0v) is 33.5. The van der Waals surface area contributed by atoms with Crippen LogP contribution in [0.5, 0.6) is 5.75 Å². The van der Waals surface area contributed by atoms with E-state index in [1.165, 1.54) is 0 Å². The average Bonchev–Trinajstić information content (AvgIpc) is 3.50. The summed E-state index contributed by atoms with van der Waals surface area (Å²) < 4.78 is 11.4. The smallest absolute Gasteiger partial charge is 0.410 e. The number of benzene rings is 4. The van der Waals surface area contributed by atoms with E-state index in [0.29, 0.717) is 43.7 Å². The van der Waals surface area contributed by atoms with Crippen molar-refractivity contribution in [3.63, 3.8) is 0 Å². The van der Waals surface area contributed by atoms with E-state index in [-0.39, 0.29) is 29.6 Å². The van der Waals surface area contributed by atoms with Crippen LogP contribution in [0.2, 0.25) is 0 Å². The van der Waals surface area contributed by atoms with Gasteiger partial charge in [0.05, 0.1) is 18.2 Å². The lowest BCUT2D eigenvalue weighted by atomic mass is 9.32. The van der Waals surface area contributed by atoms with Gasteiger partial charge in [-0.25, -0.2) is 4.79 Å². The summed E-state index contributed by atoms with van der Waals surface area (Å²) >= 11 is 0. The van der Waals surface area contributed by atoms with E-state index in [0.717, 1.165) is 59.6 Å². The number of carbonyl (C=O) groups is 2. The lowest BCUT2D eigenvalue weighted by Crippen LogP contribution is -2.67. The fourth-order valence-electron chi connectivity index (χ4n) is 12.6. The number of hydrogen-bond donors (Lipinski definition) is 2. The summed E-state index contributed by atoms with van der Waals surface area (Å²) in [5.41, 5.74) is 0.351. The van der Waals surface area contributed by atoms with Crippen molar-refractivity contribution in [2.45, 2.75) is 76.9 Å². The first-order valence-electron chi connectivity index (χ1n) is 20.9. The Hall–Kier alpha value is -4.56. The van der Waals surface area contributed by atoms with E-state index in [1.807, 2.05) is 84.9 Å². The lowest BCUT2D eigenvalue weighted by Gasteiger charge is -2.71. The quantitative estimate of drug-likeness (QED) is 0.0949. The number of Topliss-reactive ketones (excluding diaryl/α,β-unsaturated/α-hetero) is 1. The third kappa shape index (κ3) is 5.78. The van der Waals surface area contributed by atoms with Crippen LogP contribution in [0.1, 0.15) is 75.6 Å². The Morgan fingerprint density at radius 2 is 1.51 bits per heavy atom. The Morgan fingerprint density at radius 3 is 2.32 bits per heavy atom. The number of aliphatic hydroxyl groups excluding tert-OH is 1. The summed E-state index contributed by atoms with van der Waals surface area (Å²) in [6.45, 7) is 5.59. The molecular weight excluding hydrogens is 711 g/mol. The molecule has 8 atom stereocenters. The van der Waals surface area contributed by atoms with Crippen LogP contribution in [0.15, 0.2) is 121 Å². The molecule has 7 heteroatoms. The second-order valence-corrected chi connectivity index (χ2v) is 18.2. The SMILES string of the molecule is COCCCN(CC1(O)CCC2C34C=CC5(C=C3C(=O)c3ccccc3-c3ccccc3)CC(O)CCC5(C)C4CCC21C)C(=O)Oc1ccc2ccccc2c1. The number of methoxy groups -OCH3 is 1. The van der Waals surface area contributed by atoms with Crippen molar-refractivity contribution in [1.29, 1.82) is 0 Å². The van der Waals surface area contributed by atoms with Gasteiger partial charge in [-0.3, -0.25) is 4.79 Å². The van der Waals surface area contributed by atoms with E-state index in [4.69, 9.17) is 9.47 Å². The summed E-state index contributed by atoms with van der Waals surface area (Å²) in [5.74, 6) is 0.602. The van der Waals surface area contributed by atoms with Crippen molar-refractivity contribution < 1.29 is 29.3 Å². The molecule has 1 amide bonds. The zero-order valence-electron chi connectivity index (χ0n) is 33.5. The van der Waals surface area contributed by atoms with Gasteiger partial charge < -0.3 is 24.6 Å². The number of carbonyl (C=O) groups excluding carboxylic acids is 2. The van der Waals surface area contributed by atoms with Gasteiger partial charge in [0.25, 0.3) is 0 Å². The minimum absolute atomic E-state index is 0.0325. The molecule has 8 unspecified atom stereocenters. The van der Waals surface area contributed by atoms with Gasteiger partial charge in [-0.05, 0) is 103 Å². The molecule has 2 spiro atoms. The molecule has 7 nitrogen and oxygen atoms in total. The second-order valence-electron chi connectivity index (χ2n) is 18.2. The molecule has 57 heavy (non-hydrogen) atoms. The Kier molecular flexibility index (Phi) is 9.38. The average molecular weight is 766 g/mol. The normalized spacial score (nSPS) is 33.6. The number of nitrogens with zero attached hydrogens (tertiary/aromatic N) is 1. The van der Waals surface area contributed by atoms with Crippen LogP contribution in [0.4, 0.5) is 4.79 Å². The van der Waals surface area contributed by atoms with Crippen LogP contribution in [0.25, 0.3) is 21.9 Å². The van der Waals surface area contributed by atoms with E-state index in [2.05, 4.69) is 44.2 Å². The first-order chi connectivity index (χ1) is 27.5. The van der Waals surface area contributed by atoms with Crippen molar-refractivity contribution in [2.75, 3.05) is 26.8 Å². The monoisotopic (exact) mass is 765 g/mol. The summed E-state index contributed by atoms with van der Waals surface area (Å²) in [6.07, 6.45) is 11.7. The van der Waals surface area contributed by atoms with Crippen LogP contribution in [-0.4, -0.2) is 65.5 Å². The van der Waals surface area contributed by atoms with Gasteiger partial charge >= 0.3 is 6.09 Å². The maximum atomic E-state index is 15.5. The molecular formula is C50H55NO6. The molecule has 4 aromatic rings. The zero-order chi connectivity index (χ0) is 39.6. The number of amides is 1. The largest absolute Gasteiger partial charge is 0.415 e. The fourth-order valence-corrected chi connectivity index (χ4v) is 12.6. The van der Waals surface area contributed by atoms with Crippen LogP contribution in [0, 0.1) is 33.5 Å². The van der Waals surface area contributed by atoms with Crippen molar-refractivity contribution in [3.05, 3.63) is 126 Å². The number of aliphatic hydroxyl groups is 2. The van der Waals surface area contributed by atoms with Gasteiger partial charge in [0.1, 0.15) is 5.75 Å². The van der Waals surface area contributed by atoms with E-state index >= 15 is 4.79 Å². The molecule has 0 heterocycles. The number of rotatable bonds is 10. The first kappa shape index (κ1) is 38.0. The Bertz CT molecular complexity index is 2270. The van der Waals surface area contributed by atoms with Crippen molar-refractivity contribution in [2.24, 2.45) is 33.5 Å². The molecule has 0 radical (unpaired) electrons. The molecule has 2 bridgehead atoms. The number of allylic oxidation sites excluding steroid dienone is 4. The van der Waals surface area contributed by atoms with Crippen LogP contribution in [-0.2, 0) is 4.74 Å². The molecule has 3 saturated carbocycles. The highest BCUT2D eigenvalue weighted by Gasteiger charge is 2.74. The van der Waals surface area contributed by atoms with Crippen LogP contribution in [0.3, 0.4) is 0 Å². The molecule has 10 rings (SSSR count). The fraction of sp³-hybridized carbons (Fsp3) is 0.440. The number of ketones is 1. The highest BCUT2D eigenvalue weighted by molar-refractivity contribution is 6.14. The Balaban J connectivity index is 1.10. The lowest BCUT2D eigenvalue weighted by molar-refractivity contribution is -0.175. The predicted molar refractivity (Wildman–Crippen MR) is 223 cm³/mol. The van der Waals surface area contributed by atoms with Gasteiger partial charge in [0, 0.05) is 47.6 Å². The van der Waals surface area contributed by atoms with Gasteiger partial charge in [-0.15, -0.1) is 0 Å². The van der Waals surface area contributed by atoms with E-state index in [9.17, 15) is 15.0 Å². The Labute approximate surface area is 336 Å². The number of ether oxygens (including phenoxy) is 2. The molecule has 3 fully saturated rings. The summed E-state index contributed by atoms with van der Waals surface area (Å²) in [7, 11) is 1.65. The summed E-state index contributed by atoms with van der Waals surface area (Å²) in [6, 6.07) is 31.7.